The van der Waals surface area contributed by atoms with Gasteiger partial charge in [-0.3, -0.25) is 4.79 Å². The molecule has 1 aromatic carbocycles. The van der Waals surface area contributed by atoms with E-state index >= 15 is 0 Å². The molecule has 0 unspecified atom stereocenters. The summed E-state index contributed by atoms with van der Waals surface area (Å²) in [6.45, 7) is 2.50. The summed E-state index contributed by atoms with van der Waals surface area (Å²) in [6, 6.07) is 5.60. The van der Waals surface area contributed by atoms with Crippen LogP contribution < -0.4 is 14.9 Å². The standard InChI is InChI=1S/C17H20N2O3/c1-17-7-3-2-4-12(17)15(17)16(20)19-18-9-11-5-6-13-14(8-11)22-10-21-13/h5-6,8-9,12,15H,2-4,7,10H2,1H3,(H,19,20)/b18-9-/t12-,15+,17+/m1/s1. The van der Waals surface area contributed by atoms with Gasteiger partial charge in [-0.1, -0.05) is 19.8 Å². The number of hydrogen-bond donors (Lipinski definition) is 1. The zero-order valence-corrected chi connectivity index (χ0v) is 12.7. The maximum atomic E-state index is 12.3. The molecule has 116 valence electrons. The molecule has 3 aliphatic rings. The lowest BCUT2D eigenvalue weighted by Gasteiger charge is -2.15. The van der Waals surface area contributed by atoms with E-state index in [4.69, 9.17) is 9.47 Å². The smallest absolute Gasteiger partial charge is 0.244 e. The molecule has 1 amide bonds. The maximum Gasteiger partial charge on any atom is 0.244 e. The van der Waals surface area contributed by atoms with E-state index in [0.717, 1.165) is 17.1 Å². The Morgan fingerprint density at radius 2 is 2.23 bits per heavy atom. The lowest BCUT2D eigenvalue weighted by Crippen LogP contribution is -2.22. The SMILES string of the molecule is C[C@]12CCCC[C@@H]1[C@H]2C(=O)N/N=C\c1ccc2c(c1)OCO2. The molecule has 0 radical (unpaired) electrons. The number of fused-ring (bicyclic) bond motifs is 2. The van der Waals surface area contributed by atoms with Crippen LogP contribution in [0.15, 0.2) is 23.3 Å². The highest BCUT2D eigenvalue weighted by Crippen LogP contribution is 2.66. The van der Waals surface area contributed by atoms with E-state index in [2.05, 4.69) is 17.5 Å². The predicted molar refractivity (Wildman–Crippen MR) is 81.9 cm³/mol. The van der Waals surface area contributed by atoms with Crippen LogP contribution in [0, 0.1) is 17.3 Å². The number of nitrogens with zero attached hydrogens (tertiary/aromatic N) is 1. The van der Waals surface area contributed by atoms with Gasteiger partial charge in [0.2, 0.25) is 12.7 Å². The molecule has 2 saturated carbocycles. The van der Waals surface area contributed by atoms with Gasteiger partial charge in [0.25, 0.3) is 0 Å². The Balaban J connectivity index is 1.37. The minimum atomic E-state index is 0.0615. The number of carbonyl (C=O) groups excluding carboxylic acids is 1. The van der Waals surface area contributed by atoms with Gasteiger partial charge in [0, 0.05) is 5.92 Å². The highest BCUT2D eigenvalue weighted by Gasteiger charge is 2.64. The van der Waals surface area contributed by atoms with Crippen LogP contribution in [-0.4, -0.2) is 18.9 Å². The van der Waals surface area contributed by atoms with E-state index in [1.165, 1.54) is 25.7 Å². The number of carbonyl (C=O) groups is 1. The number of nitrogens with one attached hydrogen (secondary N) is 1. The molecule has 0 aromatic heterocycles. The van der Waals surface area contributed by atoms with E-state index in [9.17, 15) is 4.79 Å². The summed E-state index contributed by atoms with van der Waals surface area (Å²) in [5.74, 6) is 2.23. The summed E-state index contributed by atoms with van der Waals surface area (Å²) < 4.78 is 10.6. The first kappa shape index (κ1) is 13.6. The van der Waals surface area contributed by atoms with Gasteiger partial charge in [-0.2, -0.15) is 5.10 Å². The second-order valence-corrected chi connectivity index (χ2v) is 6.68. The average Bonchev–Trinajstić information content (AvgIpc) is 2.88. The summed E-state index contributed by atoms with van der Waals surface area (Å²) >= 11 is 0. The van der Waals surface area contributed by atoms with Crippen molar-refractivity contribution in [2.75, 3.05) is 6.79 Å². The summed E-state index contributed by atoms with van der Waals surface area (Å²) in [7, 11) is 0. The molecule has 4 rings (SSSR count). The van der Waals surface area contributed by atoms with E-state index in [1.54, 1.807) is 6.21 Å². The van der Waals surface area contributed by atoms with Gasteiger partial charge >= 0.3 is 0 Å². The predicted octanol–water partition coefficient (Wildman–Crippen LogP) is 2.69. The van der Waals surface area contributed by atoms with E-state index < -0.39 is 0 Å². The quantitative estimate of drug-likeness (QED) is 0.689. The first-order valence-corrected chi connectivity index (χ1v) is 7.91. The molecular weight excluding hydrogens is 280 g/mol. The third kappa shape index (κ3) is 2.16. The van der Waals surface area contributed by atoms with Gasteiger partial charge in [0.15, 0.2) is 11.5 Å². The van der Waals surface area contributed by atoms with E-state index in [1.807, 2.05) is 18.2 Å². The van der Waals surface area contributed by atoms with Crippen molar-refractivity contribution in [1.29, 1.82) is 0 Å². The lowest BCUT2D eigenvalue weighted by atomic mass is 9.90. The molecule has 2 fully saturated rings. The van der Waals surface area contributed by atoms with Crippen molar-refractivity contribution in [2.45, 2.75) is 32.6 Å². The monoisotopic (exact) mass is 300 g/mol. The van der Waals surface area contributed by atoms with Crippen molar-refractivity contribution in [3.63, 3.8) is 0 Å². The molecule has 1 N–H and O–H groups in total. The number of hydrogen-bond acceptors (Lipinski definition) is 4. The highest BCUT2D eigenvalue weighted by molar-refractivity contribution is 5.86. The normalized spacial score (nSPS) is 31.9. The molecule has 0 spiro atoms. The van der Waals surface area contributed by atoms with Crippen LogP contribution in [0.1, 0.15) is 38.2 Å². The van der Waals surface area contributed by atoms with E-state index in [-0.39, 0.29) is 24.0 Å². The maximum absolute atomic E-state index is 12.3. The zero-order chi connectivity index (χ0) is 15.2. The van der Waals surface area contributed by atoms with Gasteiger partial charge in [-0.05, 0) is 47.9 Å². The zero-order valence-electron chi connectivity index (χ0n) is 12.7. The van der Waals surface area contributed by atoms with Crippen LogP contribution in [0.5, 0.6) is 11.5 Å². The van der Waals surface area contributed by atoms with Crippen LogP contribution >= 0.6 is 0 Å². The van der Waals surface area contributed by atoms with Crippen LogP contribution in [0.2, 0.25) is 0 Å². The van der Waals surface area contributed by atoms with Crippen molar-refractivity contribution in [3.8, 4) is 11.5 Å². The number of ether oxygens (including phenoxy) is 2. The van der Waals surface area contributed by atoms with Gasteiger partial charge in [-0.15, -0.1) is 0 Å². The molecule has 22 heavy (non-hydrogen) atoms. The first-order valence-electron chi connectivity index (χ1n) is 7.91. The molecule has 2 aliphatic carbocycles. The number of hydrazone groups is 1. The molecule has 3 atom stereocenters. The Labute approximate surface area is 129 Å². The largest absolute Gasteiger partial charge is 0.454 e. The fourth-order valence-corrected chi connectivity index (χ4v) is 4.08. The highest BCUT2D eigenvalue weighted by atomic mass is 16.7. The van der Waals surface area contributed by atoms with Crippen molar-refractivity contribution in [1.82, 2.24) is 5.43 Å². The molecule has 5 nitrogen and oxygen atoms in total. The van der Waals surface area contributed by atoms with Crippen molar-refractivity contribution < 1.29 is 14.3 Å². The Hall–Kier alpha value is -2.04. The summed E-state index contributed by atoms with van der Waals surface area (Å²) in [6.07, 6.45) is 6.50. The molecule has 0 saturated heterocycles. The minimum Gasteiger partial charge on any atom is -0.454 e. The number of amides is 1. The molecular formula is C17H20N2O3. The third-order valence-electron chi connectivity index (χ3n) is 5.40. The Kier molecular flexibility index (Phi) is 3.10. The Morgan fingerprint density at radius 3 is 3.05 bits per heavy atom. The van der Waals surface area contributed by atoms with Gasteiger partial charge in [-0.25, -0.2) is 5.43 Å². The van der Waals surface area contributed by atoms with Crippen molar-refractivity contribution in [3.05, 3.63) is 23.8 Å². The molecule has 1 aromatic rings. The van der Waals surface area contributed by atoms with Crippen LogP contribution in [0.3, 0.4) is 0 Å². The number of benzene rings is 1. The second kappa shape index (κ2) is 5.00. The van der Waals surface area contributed by atoms with E-state index in [0.29, 0.717) is 5.92 Å². The first-order chi connectivity index (χ1) is 10.7. The third-order valence-corrected chi connectivity index (χ3v) is 5.40. The molecule has 0 bridgehead atoms. The Bertz CT molecular complexity index is 643. The topological polar surface area (TPSA) is 59.9 Å². The fraction of sp³-hybridized carbons (Fsp3) is 0.529. The van der Waals surface area contributed by atoms with Gasteiger partial charge in [0.05, 0.1) is 6.21 Å². The van der Waals surface area contributed by atoms with Gasteiger partial charge < -0.3 is 9.47 Å². The molecule has 1 heterocycles. The molecule has 5 heteroatoms. The second-order valence-electron chi connectivity index (χ2n) is 6.68. The van der Waals surface area contributed by atoms with Crippen LogP contribution in [-0.2, 0) is 4.79 Å². The minimum absolute atomic E-state index is 0.0615. The molecule has 1 aliphatic heterocycles. The number of rotatable bonds is 3. The Morgan fingerprint density at radius 1 is 1.36 bits per heavy atom. The van der Waals surface area contributed by atoms with Gasteiger partial charge in [0.1, 0.15) is 0 Å². The summed E-state index contributed by atoms with van der Waals surface area (Å²) in [4.78, 5) is 12.3. The fourth-order valence-electron chi connectivity index (χ4n) is 4.08. The van der Waals surface area contributed by atoms with Crippen molar-refractivity contribution >= 4 is 12.1 Å². The van der Waals surface area contributed by atoms with Crippen LogP contribution in [0.4, 0.5) is 0 Å². The van der Waals surface area contributed by atoms with Crippen molar-refractivity contribution in [2.24, 2.45) is 22.4 Å². The lowest BCUT2D eigenvalue weighted by molar-refractivity contribution is -0.123. The average molecular weight is 300 g/mol. The van der Waals surface area contributed by atoms with Crippen LogP contribution in [0.25, 0.3) is 0 Å². The summed E-state index contributed by atoms with van der Waals surface area (Å²) in [5.41, 5.74) is 3.80. The summed E-state index contributed by atoms with van der Waals surface area (Å²) in [5, 5.41) is 4.10.